The van der Waals surface area contributed by atoms with Crippen molar-refractivity contribution < 1.29 is 23.8 Å². The number of ether oxygens (including phenoxy) is 3. The van der Waals surface area contributed by atoms with Crippen LogP contribution in [0.1, 0.15) is 19.8 Å². The van der Waals surface area contributed by atoms with Crippen molar-refractivity contribution in [1.82, 2.24) is 0 Å². The van der Waals surface area contributed by atoms with Gasteiger partial charge in [-0.2, -0.15) is 0 Å². The van der Waals surface area contributed by atoms with Gasteiger partial charge in [0.25, 0.3) is 0 Å². The van der Waals surface area contributed by atoms with Crippen LogP contribution in [0.25, 0.3) is 0 Å². The molecule has 1 heterocycles. The minimum absolute atomic E-state index is 0.119. The van der Waals surface area contributed by atoms with Crippen molar-refractivity contribution in [3.05, 3.63) is 23.2 Å². The van der Waals surface area contributed by atoms with Gasteiger partial charge >= 0.3 is 11.9 Å². The number of esters is 2. The van der Waals surface area contributed by atoms with Gasteiger partial charge in [-0.05, 0) is 25.1 Å². The molecule has 7 heteroatoms. The molecule has 0 unspecified atom stereocenters. The molecule has 1 N–H and O–H groups in total. The van der Waals surface area contributed by atoms with E-state index in [1.165, 1.54) is 0 Å². The van der Waals surface area contributed by atoms with Gasteiger partial charge in [0.15, 0.2) is 0 Å². The van der Waals surface area contributed by atoms with Crippen LogP contribution in [0.4, 0.5) is 5.69 Å². The Kier molecular flexibility index (Phi) is 5.49. The standard InChI is InChI=1S/C15H18ClNO5/c1-9-7-13(15(19)21-9)22-14(18)5-6-17-11-8-10(16)3-4-12(11)20-2/h3-4,8-9,13,17H,5-7H2,1-2H3/t9-,13-/m0/s1. The molecule has 2 atom stereocenters. The summed E-state index contributed by atoms with van der Waals surface area (Å²) in [7, 11) is 1.55. The molecule has 0 amide bonds. The number of benzene rings is 1. The van der Waals surface area contributed by atoms with Crippen molar-refractivity contribution in [2.24, 2.45) is 0 Å². The molecule has 0 radical (unpaired) electrons. The number of methoxy groups -OCH3 is 1. The average Bonchev–Trinajstić information content (AvgIpc) is 2.77. The van der Waals surface area contributed by atoms with Crippen LogP contribution < -0.4 is 10.1 Å². The third-order valence-corrected chi connectivity index (χ3v) is 3.44. The van der Waals surface area contributed by atoms with Gasteiger partial charge in [0.2, 0.25) is 6.10 Å². The third-order valence-electron chi connectivity index (χ3n) is 3.21. The first-order valence-corrected chi connectivity index (χ1v) is 7.34. The summed E-state index contributed by atoms with van der Waals surface area (Å²) >= 11 is 5.92. The minimum Gasteiger partial charge on any atom is -0.495 e. The van der Waals surface area contributed by atoms with E-state index < -0.39 is 18.0 Å². The highest BCUT2D eigenvalue weighted by molar-refractivity contribution is 6.30. The zero-order chi connectivity index (χ0) is 16.1. The molecule has 1 aromatic carbocycles. The van der Waals surface area contributed by atoms with E-state index in [1.54, 1.807) is 32.2 Å². The first-order chi connectivity index (χ1) is 10.5. The Morgan fingerprint density at radius 3 is 2.91 bits per heavy atom. The third kappa shape index (κ3) is 4.27. The van der Waals surface area contributed by atoms with E-state index in [4.69, 9.17) is 25.8 Å². The predicted octanol–water partition coefficient (Wildman–Crippen LogP) is 2.40. The number of cyclic esters (lactones) is 1. The summed E-state index contributed by atoms with van der Waals surface area (Å²) in [6.45, 7) is 2.10. The van der Waals surface area contributed by atoms with Gasteiger partial charge in [0, 0.05) is 18.0 Å². The molecule has 0 bridgehead atoms. The van der Waals surface area contributed by atoms with E-state index in [-0.39, 0.29) is 12.5 Å². The molecule has 1 aromatic rings. The quantitative estimate of drug-likeness (QED) is 0.809. The Bertz CT molecular complexity index is 563. The van der Waals surface area contributed by atoms with Crippen molar-refractivity contribution in [3.8, 4) is 5.75 Å². The number of carbonyl (C=O) groups is 2. The number of rotatable bonds is 6. The van der Waals surface area contributed by atoms with Gasteiger partial charge in [-0.1, -0.05) is 11.6 Å². The minimum atomic E-state index is -0.789. The van der Waals surface area contributed by atoms with Crippen LogP contribution in [0, 0.1) is 0 Å². The highest BCUT2D eigenvalue weighted by atomic mass is 35.5. The van der Waals surface area contributed by atoms with E-state index in [0.29, 0.717) is 29.4 Å². The molecule has 0 aromatic heterocycles. The summed E-state index contributed by atoms with van der Waals surface area (Å²) < 4.78 is 15.2. The summed E-state index contributed by atoms with van der Waals surface area (Å²) in [6, 6.07) is 5.16. The van der Waals surface area contributed by atoms with Crippen LogP contribution in [0.5, 0.6) is 5.75 Å². The molecule has 6 nitrogen and oxygen atoms in total. The van der Waals surface area contributed by atoms with Crippen LogP contribution in [-0.4, -0.2) is 37.8 Å². The van der Waals surface area contributed by atoms with E-state index in [2.05, 4.69) is 5.32 Å². The number of anilines is 1. The second kappa shape index (κ2) is 7.35. The summed E-state index contributed by atoms with van der Waals surface area (Å²) in [4.78, 5) is 23.1. The summed E-state index contributed by atoms with van der Waals surface area (Å²) in [5.41, 5.74) is 0.691. The normalized spacial score (nSPS) is 20.4. The number of halogens is 1. The second-order valence-corrected chi connectivity index (χ2v) is 5.42. The molecular weight excluding hydrogens is 310 g/mol. The molecule has 1 saturated heterocycles. The summed E-state index contributed by atoms with van der Waals surface area (Å²) in [5.74, 6) is -0.305. The van der Waals surface area contributed by atoms with Gasteiger partial charge in [-0.3, -0.25) is 4.79 Å². The van der Waals surface area contributed by atoms with Gasteiger partial charge < -0.3 is 19.5 Å². The smallest absolute Gasteiger partial charge is 0.347 e. The summed E-state index contributed by atoms with van der Waals surface area (Å²) in [6.07, 6.45) is -0.476. The first-order valence-electron chi connectivity index (χ1n) is 6.97. The van der Waals surface area contributed by atoms with E-state index in [0.717, 1.165) is 0 Å². The molecule has 0 spiro atoms. The van der Waals surface area contributed by atoms with Crippen molar-refractivity contribution >= 4 is 29.2 Å². The van der Waals surface area contributed by atoms with Crippen molar-refractivity contribution in [1.29, 1.82) is 0 Å². The van der Waals surface area contributed by atoms with Crippen LogP contribution >= 0.6 is 11.6 Å². The Morgan fingerprint density at radius 2 is 2.27 bits per heavy atom. The Hall–Kier alpha value is -1.95. The van der Waals surface area contributed by atoms with Crippen LogP contribution in [0.15, 0.2) is 18.2 Å². The second-order valence-electron chi connectivity index (χ2n) is 4.98. The Labute approximate surface area is 133 Å². The zero-order valence-electron chi connectivity index (χ0n) is 12.4. The van der Waals surface area contributed by atoms with E-state index in [9.17, 15) is 9.59 Å². The lowest BCUT2D eigenvalue weighted by Crippen LogP contribution is -2.23. The monoisotopic (exact) mass is 327 g/mol. The van der Waals surface area contributed by atoms with Crippen molar-refractivity contribution in [2.45, 2.75) is 32.0 Å². The lowest BCUT2D eigenvalue weighted by atomic mass is 10.2. The maximum absolute atomic E-state index is 11.7. The Balaban J connectivity index is 1.80. The largest absolute Gasteiger partial charge is 0.495 e. The van der Waals surface area contributed by atoms with Crippen molar-refractivity contribution in [3.63, 3.8) is 0 Å². The molecule has 0 saturated carbocycles. The lowest BCUT2D eigenvalue weighted by molar-refractivity contribution is -0.160. The van der Waals surface area contributed by atoms with Crippen LogP contribution in [0.3, 0.4) is 0 Å². The van der Waals surface area contributed by atoms with Gasteiger partial charge in [0.05, 0.1) is 19.2 Å². The van der Waals surface area contributed by atoms with E-state index in [1.807, 2.05) is 0 Å². The van der Waals surface area contributed by atoms with Crippen molar-refractivity contribution in [2.75, 3.05) is 19.0 Å². The number of nitrogens with one attached hydrogen (secondary N) is 1. The molecule has 22 heavy (non-hydrogen) atoms. The molecule has 1 fully saturated rings. The molecule has 120 valence electrons. The Morgan fingerprint density at radius 1 is 1.50 bits per heavy atom. The molecule has 1 aliphatic heterocycles. The average molecular weight is 328 g/mol. The van der Waals surface area contributed by atoms with Crippen LogP contribution in [0.2, 0.25) is 5.02 Å². The fourth-order valence-corrected chi connectivity index (χ4v) is 2.32. The van der Waals surface area contributed by atoms with Gasteiger partial charge in [-0.25, -0.2) is 4.79 Å². The first kappa shape index (κ1) is 16.4. The SMILES string of the molecule is COc1ccc(Cl)cc1NCCC(=O)O[C@H]1C[C@H](C)OC1=O. The fourth-order valence-electron chi connectivity index (χ4n) is 2.15. The lowest BCUT2D eigenvalue weighted by Gasteiger charge is -2.12. The maximum atomic E-state index is 11.7. The topological polar surface area (TPSA) is 73.9 Å². The molecular formula is C15H18ClNO5. The van der Waals surface area contributed by atoms with Gasteiger partial charge in [0.1, 0.15) is 11.9 Å². The summed E-state index contributed by atoms with van der Waals surface area (Å²) in [5, 5.41) is 3.62. The zero-order valence-corrected chi connectivity index (χ0v) is 13.2. The number of carbonyl (C=O) groups excluding carboxylic acids is 2. The fraction of sp³-hybridized carbons (Fsp3) is 0.467. The molecule has 2 rings (SSSR count). The van der Waals surface area contributed by atoms with Crippen LogP contribution in [-0.2, 0) is 19.1 Å². The molecule has 0 aliphatic carbocycles. The predicted molar refractivity (Wildman–Crippen MR) is 81.2 cm³/mol. The highest BCUT2D eigenvalue weighted by Crippen LogP contribution is 2.27. The van der Waals surface area contributed by atoms with Gasteiger partial charge in [-0.15, -0.1) is 0 Å². The maximum Gasteiger partial charge on any atom is 0.347 e. The number of hydrogen-bond donors (Lipinski definition) is 1. The highest BCUT2D eigenvalue weighted by Gasteiger charge is 2.34. The number of hydrogen-bond acceptors (Lipinski definition) is 6. The molecule has 1 aliphatic rings. The van der Waals surface area contributed by atoms with E-state index >= 15 is 0 Å².